The molecule has 17 heavy (non-hydrogen) atoms. The van der Waals surface area contributed by atoms with E-state index in [1.54, 1.807) is 14.1 Å². The number of aromatic amines is 1. The SMILES string of the molecule is CC(C)c1ccc2nc(C(=O)N(C)C)[nH]c2c1.[HH]. The van der Waals surface area contributed by atoms with Crippen LogP contribution in [0.1, 0.15) is 37.4 Å². The van der Waals surface area contributed by atoms with Crippen LogP contribution < -0.4 is 0 Å². The molecule has 0 spiro atoms. The molecule has 0 saturated heterocycles. The third-order valence-electron chi connectivity index (χ3n) is 2.78. The topological polar surface area (TPSA) is 49.0 Å². The Hall–Kier alpha value is -1.84. The van der Waals surface area contributed by atoms with Crippen molar-refractivity contribution < 1.29 is 6.22 Å². The Kier molecular flexibility index (Phi) is 2.88. The zero-order chi connectivity index (χ0) is 12.6. The first-order valence-electron chi connectivity index (χ1n) is 5.70. The van der Waals surface area contributed by atoms with Gasteiger partial charge in [0.1, 0.15) is 0 Å². The summed E-state index contributed by atoms with van der Waals surface area (Å²) in [5.74, 6) is 0.758. The van der Waals surface area contributed by atoms with Crippen LogP contribution in [0.4, 0.5) is 0 Å². The van der Waals surface area contributed by atoms with Crippen LogP contribution in [0.15, 0.2) is 18.2 Å². The fraction of sp³-hybridized carbons (Fsp3) is 0.385. The van der Waals surface area contributed by atoms with Gasteiger partial charge in [0.25, 0.3) is 5.91 Å². The molecule has 0 fully saturated rings. The molecule has 0 aliphatic carbocycles. The van der Waals surface area contributed by atoms with E-state index in [0.717, 1.165) is 11.0 Å². The minimum Gasteiger partial charge on any atom is -0.342 e. The molecule has 1 aromatic heterocycles. The molecule has 0 aliphatic rings. The zero-order valence-electron chi connectivity index (χ0n) is 10.6. The summed E-state index contributed by atoms with van der Waals surface area (Å²) in [5, 5.41) is 0. The lowest BCUT2D eigenvalue weighted by molar-refractivity contribution is 0.0817. The lowest BCUT2D eigenvalue weighted by atomic mass is 10.0. The second kappa shape index (κ2) is 4.20. The molecule has 2 aromatic rings. The lowest BCUT2D eigenvalue weighted by Gasteiger charge is -2.06. The van der Waals surface area contributed by atoms with Crippen LogP contribution >= 0.6 is 0 Å². The summed E-state index contributed by atoms with van der Waals surface area (Å²) < 4.78 is 0. The van der Waals surface area contributed by atoms with Gasteiger partial charge in [-0.2, -0.15) is 0 Å². The molecule has 0 unspecified atom stereocenters. The van der Waals surface area contributed by atoms with E-state index in [1.807, 2.05) is 6.07 Å². The molecule has 4 heteroatoms. The van der Waals surface area contributed by atoms with Crippen LogP contribution in [0.25, 0.3) is 11.0 Å². The highest BCUT2D eigenvalue weighted by Gasteiger charge is 2.13. The summed E-state index contributed by atoms with van der Waals surface area (Å²) >= 11 is 0. The number of hydrogen-bond acceptors (Lipinski definition) is 2. The van der Waals surface area contributed by atoms with Crippen molar-refractivity contribution in [2.24, 2.45) is 0 Å². The lowest BCUT2D eigenvalue weighted by Crippen LogP contribution is -2.22. The molecular weight excluding hydrogens is 214 g/mol. The molecule has 0 radical (unpaired) electrons. The van der Waals surface area contributed by atoms with Gasteiger partial charge in [-0.3, -0.25) is 4.79 Å². The molecule has 1 heterocycles. The Labute approximate surface area is 102 Å². The number of nitrogens with zero attached hydrogens (tertiary/aromatic N) is 2. The third kappa shape index (κ3) is 2.16. The minimum absolute atomic E-state index is 0. The van der Waals surface area contributed by atoms with Crippen LogP contribution in [-0.2, 0) is 0 Å². The first-order valence-corrected chi connectivity index (χ1v) is 5.70. The molecule has 0 saturated carbocycles. The van der Waals surface area contributed by atoms with Gasteiger partial charge >= 0.3 is 0 Å². The number of hydrogen-bond donors (Lipinski definition) is 1. The maximum atomic E-state index is 11.8. The quantitative estimate of drug-likeness (QED) is 0.866. The van der Waals surface area contributed by atoms with E-state index in [1.165, 1.54) is 10.5 Å². The van der Waals surface area contributed by atoms with E-state index in [0.29, 0.717) is 11.7 Å². The van der Waals surface area contributed by atoms with E-state index < -0.39 is 0 Å². The van der Waals surface area contributed by atoms with Crippen molar-refractivity contribution in [1.29, 1.82) is 0 Å². The number of amides is 1. The normalized spacial score (nSPS) is 11.1. The average Bonchev–Trinajstić information content (AvgIpc) is 2.69. The van der Waals surface area contributed by atoms with Crippen molar-refractivity contribution in [2.45, 2.75) is 19.8 Å². The number of rotatable bonds is 2. The van der Waals surface area contributed by atoms with Crippen molar-refractivity contribution in [1.82, 2.24) is 14.9 Å². The van der Waals surface area contributed by atoms with Gasteiger partial charge in [-0.1, -0.05) is 19.9 Å². The Morgan fingerprint density at radius 1 is 1.41 bits per heavy atom. The number of benzene rings is 1. The molecule has 1 aromatic carbocycles. The summed E-state index contributed by atoms with van der Waals surface area (Å²) in [7, 11) is 3.43. The number of carbonyl (C=O) groups is 1. The van der Waals surface area contributed by atoms with Crippen molar-refractivity contribution >= 4 is 16.9 Å². The zero-order valence-corrected chi connectivity index (χ0v) is 10.6. The smallest absolute Gasteiger partial charge is 0.289 e. The van der Waals surface area contributed by atoms with Gasteiger partial charge in [0.05, 0.1) is 11.0 Å². The highest BCUT2D eigenvalue weighted by Crippen LogP contribution is 2.20. The fourth-order valence-corrected chi connectivity index (χ4v) is 1.70. The predicted octanol–water partition coefficient (Wildman–Crippen LogP) is 2.63. The summed E-state index contributed by atoms with van der Waals surface area (Å²) in [4.78, 5) is 20.6. The fourth-order valence-electron chi connectivity index (χ4n) is 1.70. The van der Waals surface area contributed by atoms with E-state index >= 15 is 0 Å². The molecule has 4 nitrogen and oxygen atoms in total. The number of nitrogens with one attached hydrogen (secondary N) is 1. The number of carbonyl (C=O) groups excluding carboxylic acids is 1. The van der Waals surface area contributed by atoms with Crippen molar-refractivity contribution in [2.75, 3.05) is 14.1 Å². The molecule has 0 aliphatic heterocycles. The molecule has 0 atom stereocenters. The van der Waals surface area contributed by atoms with Crippen LogP contribution in [0.2, 0.25) is 0 Å². The highest BCUT2D eigenvalue weighted by atomic mass is 16.2. The standard InChI is InChI=1S/C13H17N3O.H2/c1-8(2)9-5-6-10-11(7-9)15-12(14-10)13(17)16(3)4;/h5-8H,1-4H3,(H,14,15);1H. The number of aromatic nitrogens is 2. The van der Waals surface area contributed by atoms with Gasteiger partial charge in [-0.15, -0.1) is 0 Å². The van der Waals surface area contributed by atoms with Gasteiger partial charge in [0.15, 0.2) is 5.82 Å². The Morgan fingerprint density at radius 2 is 2.12 bits per heavy atom. The van der Waals surface area contributed by atoms with E-state index in [4.69, 9.17) is 0 Å². The van der Waals surface area contributed by atoms with Crippen LogP contribution in [-0.4, -0.2) is 34.9 Å². The van der Waals surface area contributed by atoms with Gasteiger partial charge < -0.3 is 9.88 Å². The molecule has 2 rings (SSSR count). The molecule has 1 amide bonds. The van der Waals surface area contributed by atoms with Crippen LogP contribution in [0, 0.1) is 0 Å². The third-order valence-corrected chi connectivity index (χ3v) is 2.78. The first kappa shape index (κ1) is 11.6. The van der Waals surface area contributed by atoms with Gasteiger partial charge in [-0.05, 0) is 23.6 Å². The van der Waals surface area contributed by atoms with Crippen molar-refractivity contribution in [3.8, 4) is 0 Å². The largest absolute Gasteiger partial charge is 0.342 e. The molecule has 0 bridgehead atoms. The van der Waals surface area contributed by atoms with E-state index in [2.05, 4.69) is 35.9 Å². The van der Waals surface area contributed by atoms with Crippen molar-refractivity contribution in [3.63, 3.8) is 0 Å². The van der Waals surface area contributed by atoms with E-state index in [-0.39, 0.29) is 7.33 Å². The number of fused-ring (bicyclic) bond motifs is 1. The second-order valence-electron chi connectivity index (χ2n) is 4.72. The van der Waals surface area contributed by atoms with Crippen molar-refractivity contribution in [3.05, 3.63) is 29.6 Å². The molecule has 92 valence electrons. The molecular formula is C13H19N3O. The maximum Gasteiger partial charge on any atom is 0.289 e. The monoisotopic (exact) mass is 233 g/mol. The van der Waals surface area contributed by atoms with Gasteiger partial charge in [0, 0.05) is 15.5 Å². The summed E-state index contributed by atoms with van der Waals surface area (Å²) in [6, 6.07) is 6.06. The summed E-state index contributed by atoms with van der Waals surface area (Å²) in [5.41, 5.74) is 2.99. The maximum absolute atomic E-state index is 11.8. The Bertz CT molecular complexity index is 560. The average molecular weight is 233 g/mol. The highest BCUT2D eigenvalue weighted by molar-refractivity contribution is 5.93. The Balaban J connectivity index is 0.00000162. The Morgan fingerprint density at radius 3 is 2.71 bits per heavy atom. The van der Waals surface area contributed by atoms with Gasteiger partial charge in [0.2, 0.25) is 0 Å². The van der Waals surface area contributed by atoms with Crippen LogP contribution in [0.3, 0.4) is 0 Å². The predicted molar refractivity (Wildman–Crippen MR) is 70.3 cm³/mol. The number of H-pyrrole nitrogens is 1. The summed E-state index contributed by atoms with van der Waals surface area (Å²) in [6.07, 6.45) is 0. The van der Waals surface area contributed by atoms with Crippen LogP contribution in [0.5, 0.6) is 0 Å². The molecule has 1 N–H and O–H groups in total. The second-order valence-corrected chi connectivity index (χ2v) is 4.72. The number of imidazole rings is 1. The van der Waals surface area contributed by atoms with E-state index in [9.17, 15) is 4.79 Å². The van der Waals surface area contributed by atoms with Gasteiger partial charge in [-0.25, -0.2) is 4.98 Å². The summed E-state index contributed by atoms with van der Waals surface area (Å²) in [6.45, 7) is 4.28. The first-order chi connectivity index (χ1) is 7.99. The minimum atomic E-state index is -0.104.